The summed E-state index contributed by atoms with van der Waals surface area (Å²) >= 11 is 3.40. The lowest BCUT2D eigenvalue weighted by atomic mass is 10.0. The van der Waals surface area contributed by atoms with Crippen molar-refractivity contribution in [2.24, 2.45) is 0 Å². The van der Waals surface area contributed by atoms with Crippen molar-refractivity contribution in [3.05, 3.63) is 34.3 Å². The average molecular weight is 371 g/mol. The van der Waals surface area contributed by atoms with Gasteiger partial charge in [-0.05, 0) is 24.6 Å². The van der Waals surface area contributed by atoms with Gasteiger partial charge in [0.25, 0.3) is 0 Å². The topological polar surface area (TPSA) is 78.9 Å². The van der Waals surface area contributed by atoms with E-state index in [1.54, 1.807) is 4.90 Å². The second kappa shape index (κ2) is 7.60. The maximum absolute atomic E-state index is 12.2. The Bertz CT molecular complexity index is 535. The minimum absolute atomic E-state index is 0.0827. The number of morpholine rings is 1. The van der Waals surface area contributed by atoms with Crippen LogP contribution in [0.25, 0.3) is 0 Å². The summed E-state index contributed by atoms with van der Waals surface area (Å²) in [5.41, 5.74) is 1.01. The number of urea groups is 1. The Balaban J connectivity index is 2.00. The zero-order valence-corrected chi connectivity index (χ0v) is 13.9. The highest BCUT2D eigenvalue weighted by Gasteiger charge is 2.32. The van der Waals surface area contributed by atoms with Crippen LogP contribution in [0, 0.1) is 0 Å². The molecule has 1 aliphatic rings. The minimum atomic E-state index is -0.928. The third-order valence-electron chi connectivity index (χ3n) is 3.63. The van der Waals surface area contributed by atoms with Crippen LogP contribution in [-0.2, 0) is 9.53 Å². The standard InChI is InChI=1S/C15H19BrN2O4/c1-10-14(11-2-4-12(16)5-3-11)22-9-8-18(10)15(21)17-7-6-13(19)20/h2-5,10,14H,6-9H2,1H3,(H,17,21)(H,19,20). The molecule has 22 heavy (non-hydrogen) atoms. The lowest BCUT2D eigenvalue weighted by Gasteiger charge is -2.39. The minimum Gasteiger partial charge on any atom is -0.481 e. The van der Waals surface area contributed by atoms with E-state index in [0.29, 0.717) is 13.2 Å². The van der Waals surface area contributed by atoms with Crippen LogP contribution in [0.1, 0.15) is 25.0 Å². The molecule has 0 radical (unpaired) electrons. The Kier molecular flexibility index (Phi) is 5.79. The molecule has 6 nitrogen and oxygen atoms in total. The van der Waals surface area contributed by atoms with Gasteiger partial charge in [-0.15, -0.1) is 0 Å². The Morgan fingerprint density at radius 3 is 2.73 bits per heavy atom. The lowest BCUT2D eigenvalue weighted by Crippen LogP contribution is -2.52. The number of carbonyl (C=O) groups is 2. The fraction of sp³-hybridized carbons (Fsp3) is 0.467. The molecule has 1 heterocycles. The third kappa shape index (κ3) is 4.20. The molecular weight excluding hydrogens is 352 g/mol. The molecule has 0 saturated carbocycles. The predicted octanol–water partition coefficient (Wildman–Crippen LogP) is 2.40. The van der Waals surface area contributed by atoms with Gasteiger partial charge in [0.2, 0.25) is 0 Å². The summed E-state index contributed by atoms with van der Waals surface area (Å²) in [4.78, 5) is 24.4. The number of nitrogens with zero attached hydrogens (tertiary/aromatic N) is 1. The van der Waals surface area contributed by atoms with Crippen LogP contribution in [0.2, 0.25) is 0 Å². The number of aliphatic carboxylic acids is 1. The monoisotopic (exact) mass is 370 g/mol. The normalized spacial score (nSPS) is 21.5. The van der Waals surface area contributed by atoms with Gasteiger partial charge in [-0.3, -0.25) is 4.79 Å². The van der Waals surface area contributed by atoms with E-state index in [1.807, 2.05) is 31.2 Å². The summed E-state index contributed by atoms with van der Waals surface area (Å²) in [5, 5.41) is 11.3. The molecule has 1 aromatic rings. The molecule has 1 aliphatic heterocycles. The molecule has 2 amide bonds. The quantitative estimate of drug-likeness (QED) is 0.852. The summed E-state index contributed by atoms with van der Waals surface area (Å²) in [5.74, 6) is -0.928. The van der Waals surface area contributed by atoms with Gasteiger partial charge in [0.1, 0.15) is 6.10 Å². The molecule has 2 rings (SSSR count). The fourth-order valence-corrected chi connectivity index (χ4v) is 2.74. The number of rotatable bonds is 4. The third-order valence-corrected chi connectivity index (χ3v) is 4.16. The predicted molar refractivity (Wildman–Crippen MR) is 84.7 cm³/mol. The van der Waals surface area contributed by atoms with Gasteiger partial charge >= 0.3 is 12.0 Å². The molecule has 120 valence electrons. The number of amides is 2. The molecule has 2 atom stereocenters. The van der Waals surface area contributed by atoms with Crippen molar-refractivity contribution in [2.75, 3.05) is 19.7 Å². The maximum atomic E-state index is 12.2. The van der Waals surface area contributed by atoms with Crippen molar-refractivity contribution in [2.45, 2.75) is 25.5 Å². The average Bonchev–Trinajstić information content (AvgIpc) is 2.48. The summed E-state index contributed by atoms with van der Waals surface area (Å²) in [7, 11) is 0. The first-order valence-electron chi connectivity index (χ1n) is 7.12. The number of nitrogens with one attached hydrogen (secondary N) is 1. The number of benzene rings is 1. The van der Waals surface area contributed by atoms with E-state index in [1.165, 1.54) is 0 Å². The Hall–Kier alpha value is -1.60. The van der Waals surface area contributed by atoms with Crippen LogP contribution >= 0.6 is 15.9 Å². The highest BCUT2D eigenvalue weighted by molar-refractivity contribution is 9.10. The summed E-state index contributed by atoms with van der Waals surface area (Å²) < 4.78 is 6.80. The SMILES string of the molecule is CC1C(c2ccc(Br)cc2)OCCN1C(=O)NCCC(=O)O. The van der Waals surface area contributed by atoms with Gasteiger partial charge < -0.3 is 20.1 Å². The number of halogens is 1. The number of ether oxygens (including phenoxy) is 1. The van der Waals surface area contributed by atoms with Crippen LogP contribution in [-0.4, -0.2) is 47.7 Å². The molecule has 7 heteroatoms. The van der Waals surface area contributed by atoms with E-state index in [0.717, 1.165) is 10.0 Å². The second-order valence-electron chi connectivity index (χ2n) is 5.15. The van der Waals surface area contributed by atoms with E-state index >= 15 is 0 Å². The fourth-order valence-electron chi connectivity index (χ4n) is 2.48. The number of carbonyl (C=O) groups excluding carboxylic acids is 1. The number of carboxylic acids is 1. The largest absolute Gasteiger partial charge is 0.481 e. The zero-order valence-electron chi connectivity index (χ0n) is 12.3. The van der Waals surface area contributed by atoms with E-state index < -0.39 is 5.97 Å². The lowest BCUT2D eigenvalue weighted by molar-refractivity contribution is -0.136. The second-order valence-corrected chi connectivity index (χ2v) is 6.07. The molecule has 2 N–H and O–H groups in total. The van der Waals surface area contributed by atoms with E-state index in [4.69, 9.17) is 9.84 Å². The number of hydrogen-bond acceptors (Lipinski definition) is 3. The summed E-state index contributed by atoms with van der Waals surface area (Å²) in [6.45, 7) is 3.01. The molecule has 1 fully saturated rings. The number of carboxylic acid groups (broad SMARTS) is 1. The van der Waals surface area contributed by atoms with Gasteiger partial charge in [0.05, 0.1) is 19.1 Å². The van der Waals surface area contributed by atoms with Crippen molar-refractivity contribution in [3.8, 4) is 0 Å². The van der Waals surface area contributed by atoms with E-state index in [2.05, 4.69) is 21.2 Å². The zero-order chi connectivity index (χ0) is 16.1. The van der Waals surface area contributed by atoms with Crippen LogP contribution in [0.15, 0.2) is 28.7 Å². The Morgan fingerprint density at radius 2 is 2.09 bits per heavy atom. The van der Waals surface area contributed by atoms with Crippen LogP contribution in [0.4, 0.5) is 4.79 Å². The Morgan fingerprint density at radius 1 is 1.41 bits per heavy atom. The van der Waals surface area contributed by atoms with Crippen molar-refractivity contribution >= 4 is 27.9 Å². The highest BCUT2D eigenvalue weighted by Crippen LogP contribution is 2.29. The van der Waals surface area contributed by atoms with Gasteiger partial charge in [0, 0.05) is 17.6 Å². The van der Waals surface area contributed by atoms with Crippen molar-refractivity contribution in [1.82, 2.24) is 10.2 Å². The summed E-state index contributed by atoms with van der Waals surface area (Å²) in [6.07, 6.45) is -0.271. The first-order valence-corrected chi connectivity index (χ1v) is 7.91. The summed E-state index contributed by atoms with van der Waals surface area (Å²) in [6, 6.07) is 7.45. The number of hydrogen-bond donors (Lipinski definition) is 2. The molecule has 0 aromatic heterocycles. The van der Waals surface area contributed by atoms with Gasteiger partial charge in [-0.2, -0.15) is 0 Å². The molecule has 1 aromatic carbocycles. The van der Waals surface area contributed by atoms with E-state index in [-0.39, 0.29) is 31.1 Å². The first kappa shape index (κ1) is 16.8. The van der Waals surface area contributed by atoms with Crippen LogP contribution < -0.4 is 5.32 Å². The van der Waals surface area contributed by atoms with Crippen LogP contribution in [0.5, 0.6) is 0 Å². The van der Waals surface area contributed by atoms with E-state index in [9.17, 15) is 9.59 Å². The van der Waals surface area contributed by atoms with Crippen LogP contribution in [0.3, 0.4) is 0 Å². The van der Waals surface area contributed by atoms with Crippen molar-refractivity contribution in [3.63, 3.8) is 0 Å². The highest BCUT2D eigenvalue weighted by atomic mass is 79.9. The maximum Gasteiger partial charge on any atom is 0.317 e. The molecule has 0 bridgehead atoms. The first-order chi connectivity index (χ1) is 10.5. The van der Waals surface area contributed by atoms with Gasteiger partial charge in [-0.1, -0.05) is 28.1 Å². The molecule has 0 aliphatic carbocycles. The van der Waals surface area contributed by atoms with Gasteiger partial charge in [0.15, 0.2) is 0 Å². The molecular formula is C15H19BrN2O4. The molecule has 0 spiro atoms. The Labute approximate surface area is 137 Å². The van der Waals surface area contributed by atoms with Crippen molar-refractivity contribution < 1.29 is 19.4 Å². The molecule has 1 saturated heterocycles. The molecule has 2 unspecified atom stereocenters. The smallest absolute Gasteiger partial charge is 0.317 e. The van der Waals surface area contributed by atoms with Crippen molar-refractivity contribution in [1.29, 1.82) is 0 Å². The van der Waals surface area contributed by atoms with Gasteiger partial charge in [-0.25, -0.2) is 4.79 Å².